The van der Waals surface area contributed by atoms with Crippen LogP contribution in [0.5, 0.6) is 0 Å². The van der Waals surface area contributed by atoms with Gasteiger partial charge in [-0.3, -0.25) is 9.59 Å². The van der Waals surface area contributed by atoms with Crippen molar-refractivity contribution >= 4 is 29.3 Å². The Bertz CT molecular complexity index is 564. The molecule has 1 saturated heterocycles. The Hall–Kier alpha value is -1.69. The van der Waals surface area contributed by atoms with E-state index < -0.39 is 0 Å². The fourth-order valence-corrected chi connectivity index (χ4v) is 3.32. The molecule has 0 bridgehead atoms. The van der Waals surface area contributed by atoms with Gasteiger partial charge in [0.05, 0.1) is 5.75 Å². The van der Waals surface area contributed by atoms with Gasteiger partial charge in [-0.25, -0.2) is 0 Å². The second kappa shape index (κ2) is 9.13. The zero-order valence-corrected chi connectivity index (χ0v) is 16.3. The molecule has 0 aliphatic carbocycles. The summed E-state index contributed by atoms with van der Waals surface area (Å²) >= 11 is 1.61. The molecule has 0 radical (unpaired) electrons. The van der Waals surface area contributed by atoms with Gasteiger partial charge in [-0.2, -0.15) is 0 Å². The summed E-state index contributed by atoms with van der Waals surface area (Å²) < 4.78 is 0.0750. The molecule has 6 heteroatoms. The van der Waals surface area contributed by atoms with E-state index in [0.29, 0.717) is 18.7 Å². The minimum Gasteiger partial charge on any atom is -0.368 e. The molecule has 1 aliphatic rings. The van der Waals surface area contributed by atoms with E-state index >= 15 is 0 Å². The summed E-state index contributed by atoms with van der Waals surface area (Å²) in [6.45, 7) is 9.86. The topological polar surface area (TPSA) is 52.7 Å². The molecule has 1 aromatic carbocycles. The third-order valence-corrected chi connectivity index (χ3v) is 5.32. The lowest BCUT2D eigenvalue weighted by molar-refractivity contribution is -0.131. The Balaban J connectivity index is 1.65. The molecule has 25 heavy (non-hydrogen) atoms. The molecular weight excluding hydrogens is 334 g/mol. The summed E-state index contributed by atoms with van der Waals surface area (Å²) in [5, 5.41) is 2.84. The molecule has 0 atom stereocenters. The maximum Gasteiger partial charge on any atom is 0.230 e. The zero-order valence-electron chi connectivity index (χ0n) is 15.5. The van der Waals surface area contributed by atoms with Gasteiger partial charge in [0, 0.05) is 49.6 Å². The van der Waals surface area contributed by atoms with Crippen LogP contribution in [0.1, 0.15) is 27.2 Å². The average Bonchev–Trinajstić information content (AvgIpc) is 2.60. The van der Waals surface area contributed by atoms with E-state index in [1.807, 2.05) is 23.1 Å². The van der Waals surface area contributed by atoms with Crippen LogP contribution in [0.3, 0.4) is 0 Å². The number of hydrogen-bond donors (Lipinski definition) is 1. The number of amides is 2. The van der Waals surface area contributed by atoms with E-state index in [4.69, 9.17) is 0 Å². The molecule has 1 aromatic rings. The lowest BCUT2D eigenvalue weighted by Crippen LogP contribution is -2.49. The second-order valence-electron chi connectivity index (χ2n) is 7.20. The SMILES string of the molecule is CC(C)(C)SCC(=O)NCCC(=O)N1CCN(c2ccccc2)CC1. The summed E-state index contributed by atoms with van der Waals surface area (Å²) in [4.78, 5) is 28.3. The molecular formula is C19H29N3O2S. The van der Waals surface area contributed by atoms with Crippen molar-refractivity contribution < 1.29 is 9.59 Å². The van der Waals surface area contributed by atoms with Crippen LogP contribution in [0.4, 0.5) is 5.69 Å². The first kappa shape index (κ1) is 19.6. The summed E-state index contributed by atoms with van der Waals surface area (Å²) in [5.74, 6) is 0.561. The van der Waals surface area contributed by atoms with Crippen molar-refractivity contribution in [3.05, 3.63) is 30.3 Å². The monoisotopic (exact) mass is 363 g/mol. The molecule has 2 amide bonds. The molecule has 2 rings (SSSR count). The Morgan fingerprint density at radius 3 is 2.32 bits per heavy atom. The molecule has 0 saturated carbocycles. The zero-order chi connectivity index (χ0) is 18.3. The quantitative estimate of drug-likeness (QED) is 0.843. The predicted molar refractivity (Wildman–Crippen MR) is 105 cm³/mol. The fraction of sp³-hybridized carbons (Fsp3) is 0.579. The maximum atomic E-state index is 12.3. The van der Waals surface area contributed by atoms with Crippen molar-refractivity contribution in [2.24, 2.45) is 0 Å². The summed E-state index contributed by atoms with van der Waals surface area (Å²) in [6.07, 6.45) is 0.372. The number of para-hydroxylation sites is 1. The first-order valence-electron chi connectivity index (χ1n) is 8.83. The van der Waals surface area contributed by atoms with Gasteiger partial charge < -0.3 is 15.1 Å². The number of rotatable bonds is 6. The van der Waals surface area contributed by atoms with E-state index in [1.165, 1.54) is 5.69 Å². The van der Waals surface area contributed by atoms with Crippen LogP contribution in [0, 0.1) is 0 Å². The molecule has 0 unspecified atom stereocenters. The van der Waals surface area contributed by atoms with E-state index in [0.717, 1.165) is 26.2 Å². The minimum atomic E-state index is 0.00150. The van der Waals surface area contributed by atoms with E-state index in [9.17, 15) is 9.59 Å². The van der Waals surface area contributed by atoms with Gasteiger partial charge in [0.1, 0.15) is 0 Å². The number of benzene rings is 1. The Kier molecular flexibility index (Phi) is 7.17. The summed E-state index contributed by atoms with van der Waals surface area (Å²) in [7, 11) is 0. The lowest BCUT2D eigenvalue weighted by Gasteiger charge is -2.36. The molecule has 0 aromatic heterocycles. The van der Waals surface area contributed by atoms with Crippen LogP contribution >= 0.6 is 11.8 Å². The minimum absolute atomic E-state index is 0.00150. The average molecular weight is 364 g/mol. The first-order chi connectivity index (χ1) is 11.8. The molecule has 1 N–H and O–H groups in total. The van der Waals surface area contributed by atoms with Gasteiger partial charge in [0.2, 0.25) is 11.8 Å². The number of piperazine rings is 1. The van der Waals surface area contributed by atoms with Crippen molar-refractivity contribution in [2.45, 2.75) is 31.9 Å². The number of anilines is 1. The third-order valence-electron chi connectivity index (χ3n) is 4.05. The number of carbonyl (C=O) groups is 2. The largest absolute Gasteiger partial charge is 0.368 e. The van der Waals surface area contributed by atoms with Crippen LogP contribution in [0.15, 0.2) is 30.3 Å². The van der Waals surface area contributed by atoms with Crippen molar-refractivity contribution in [3.8, 4) is 0 Å². The molecule has 0 spiro atoms. The second-order valence-corrected chi connectivity index (χ2v) is 9.01. The first-order valence-corrected chi connectivity index (χ1v) is 9.82. The maximum absolute atomic E-state index is 12.3. The van der Waals surface area contributed by atoms with Gasteiger partial charge in [0.25, 0.3) is 0 Å². The molecule has 5 nitrogen and oxygen atoms in total. The Morgan fingerprint density at radius 1 is 1.08 bits per heavy atom. The number of nitrogens with zero attached hydrogens (tertiary/aromatic N) is 2. The third kappa shape index (κ3) is 6.98. The fourth-order valence-electron chi connectivity index (χ4n) is 2.65. The highest BCUT2D eigenvalue weighted by Crippen LogP contribution is 2.22. The molecule has 1 aliphatic heterocycles. The predicted octanol–water partition coefficient (Wildman–Crippen LogP) is 2.37. The standard InChI is InChI=1S/C19H29N3O2S/c1-19(2,3)25-15-17(23)20-10-9-18(24)22-13-11-21(12-14-22)16-7-5-4-6-8-16/h4-8H,9-15H2,1-3H3,(H,20,23). The highest BCUT2D eigenvalue weighted by atomic mass is 32.2. The van der Waals surface area contributed by atoms with Crippen LogP contribution in [0.25, 0.3) is 0 Å². The van der Waals surface area contributed by atoms with Crippen molar-refractivity contribution in [3.63, 3.8) is 0 Å². The number of thioether (sulfide) groups is 1. The van der Waals surface area contributed by atoms with E-state index in [-0.39, 0.29) is 16.6 Å². The van der Waals surface area contributed by atoms with Crippen molar-refractivity contribution in [1.82, 2.24) is 10.2 Å². The number of hydrogen-bond acceptors (Lipinski definition) is 4. The molecule has 1 heterocycles. The number of nitrogens with one attached hydrogen (secondary N) is 1. The van der Waals surface area contributed by atoms with Crippen LogP contribution in [-0.4, -0.2) is 59.9 Å². The van der Waals surface area contributed by atoms with Gasteiger partial charge in [-0.15, -0.1) is 11.8 Å². The summed E-state index contributed by atoms with van der Waals surface area (Å²) in [6, 6.07) is 10.3. The number of carbonyl (C=O) groups excluding carboxylic acids is 2. The Labute approximate surface area is 155 Å². The smallest absolute Gasteiger partial charge is 0.230 e. The molecule has 138 valence electrons. The van der Waals surface area contributed by atoms with Crippen LogP contribution in [-0.2, 0) is 9.59 Å². The normalized spacial score (nSPS) is 15.2. The van der Waals surface area contributed by atoms with Gasteiger partial charge in [0.15, 0.2) is 0 Å². The van der Waals surface area contributed by atoms with Crippen molar-refractivity contribution in [2.75, 3.05) is 43.4 Å². The van der Waals surface area contributed by atoms with Gasteiger partial charge in [-0.05, 0) is 12.1 Å². The highest BCUT2D eigenvalue weighted by molar-refractivity contribution is 8.01. The van der Waals surface area contributed by atoms with Crippen LogP contribution in [0.2, 0.25) is 0 Å². The molecule has 1 fully saturated rings. The summed E-state index contributed by atoms with van der Waals surface area (Å²) in [5.41, 5.74) is 1.21. The van der Waals surface area contributed by atoms with Gasteiger partial charge in [-0.1, -0.05) is 39.0 Å². The van der Waals surface area contributed by atoms with E-state index in [2.05, 4.69) is 43.1 Å². The van der Waals surface area contributed by atoms with E-state index in [1.54, 1.807) is 11.8 Å². The van der Waals surface area contributed by atoms with Crippen molar-refractivity contribution in [1.29, 1.82) is 0 Å². The van der Waals surface area contributed by atoms with Gasteiger partial charge >= 0.3 is 0 Å². The van der Waals surface area contributed by atoms with Crippen LogP contribution < -0.4 is 10.2 Å². The Morgan fingerprint density at radius 2 is 1.72 bits per heavy atom. The highest BCUT2D eigenvalue weighted by Gasteiger charge is 2.21. The lowest BCUT2D eigenvalue weighted by atomic mass is 10.2.